The summed E-state index contributed by atoms with van der Waals surface area (Å²) in [5.74, 6) is -0.886. The number of hydrogen-bond donors (Lipinski definition) is 2. The van der Waals surface area contributed by atoms with E-state index in [9.17, 15) is 9.59 Å². The molecule has 5 nitrogen and oxygen atoms in total. The summed E-state index contributed by atoms with van der Waals surface area (Å²) in [6.45, 7) is 4.16. The number of aryl methyl sites for hydroxylation is 2. The smallest absolute Gasteiger partial charge is 0.426 e. The number of carbonyl (C=O) groups excluding carboxylic acids is 2. The fourth-order valence-electron chi connectivity index (χ4n) is 3.05. The molecule has 3 aromatic carbocycles. The first-order valence-corrected chi connectivity index (χ1v) is 9.43. The molecule has 5 heteroatoms. The van der Waals surface area contributed by atoms with E-state index in [1.807, 2.05) is 92.7 Å². The van der Waals surface area contributed by atoms with Crippen LogP contribution in [0.5, 0.6) is 0 Å². The third kappa shape index (κ3) is 5.45. The third-order valence-electron chi connectivity index (χ3n) is 4.76. The van der Waals surface area contributed by atoms with Crippen LogP contribution in [-0.2, 0) is 16.1 Å². The number of hydrogen-bond acceptors (Lipinski definition) is 3. The SMILES string of the molecule is Cc1ccc(COC(=O)NNC(=O)C(c2ccccc2)c2ccccc2)cc1C. The van der Waals surface area contributed by atoms with Gasteiger partial charge in [-0.2, -0.15) is 0 Å². The van der Waals surface area contributed by atoms with Gasteiger partial charge in [0.05, 0.1) is 5.92 Å². The van der Waals surface area contributed by atoms with E-state index in [1.165, 1.54) is 5.56 Å². The van der Waals surface area contributed by atoms with Crippen molar-refractivity contribution >= 4 is 12.0 Å². The molecule has 2 amide bonds. The summed E-state index contributed by atoms with van der Waals surface area (Å²) in [6, 6.07) is 24.7. The zero-order valence-electron chi connectivity index (χ0n) is 16.5. The van der Waals surface area contributed by atoms with Gasteiger partial charge in [0.2, 0.25) is 5.91 Å². The Morgan fingerprint density at radius 3 is 1.93 bits per heavy atom. The second-order valence-corrected chi connectivity index (χ2v) is 6.86. The number of benzene rings is 3. The van der Waals surface area contributed by atoms with E-state index in [0.29, 0.717) is 0 Å². The molecule has 0 saturated carbocycles. The molecule has 0 atom stereocenters. The normalized spacial score (nSPS) is 10.4. The maximum Gasteiger partial charge on any atom is 0.426 e. The number of hydrazine groups is 1. The minimum atomic E-state index is -0.712. The molecule has 0 heterocycles. The summed E-state index contributed by atoms with van der Waals surface area (Å²) in [5.41, 5.74) is 9.68. The van der Waals surface area contributed by atoms with E-state index < -0.39 is 12.0 Å². The van der Waals surface area contributed by atoms with Crippen molar-refractivity contribution in [1.29, 1.82) is 0 Å². The molecule has 0 aliphatic rings. The van der Waals surface area contributed by atoms with Crippen LogP contribution in [0.25, 0.3) is 0 Å². The average Bonchev–Trinajstić information content (AvgIpc) is 2.75. The minimum Gasteiger partial charge on any atom is -0.443 e. The number of nitrogens with one attached hydrogen (secondary N) is 2. The van der Waals surface area contributed by atoms with E-state index in [2.05, 4.69) is 10.9 Å². The van der Waals surface area contributed by atoms with Crippen LogP contribution >= 0.6 is 0 Å². The van der Waals surface area contributed by atoms with E-state index in [4.69, 9.17) is 4.74 Å². The van der Waals surface area contributed by atoms with Gasteiger partial charge in [0, 0.05) is 0 Å². The Hall–Kier alpha value is -3.60. The average molecular weight is 388 g/mol. The molecule has 0 aliphatic heterocycles. The number of amides is 2. The molecule has 0 saturated heterocycles. The Kier molecular flexibility index (Phi) is 6.63. The molecule has 29 heavy (non-hydrogen) atoms. The zero-order valence-corrected chi connectivity index (χ0v) is 16.5. The van der Waals surface area contributed by atoms with Gasteiger partial charge in [0.25, 0.3) is 0 Å². The molecule has 2 N–H and O–H groups in total. The van der Waals surface area contributed by atoms with Gasteiger partial charge in [-0.3, -0.25) is 10.2 Å². The molecule has 0 aromatic heterocycles. The lowest BCUT2D eigenvalue weighted by molar-refractivity contribution is -0.122. The molecular formula is C24H24N2O3. The quantitative estimate of drug-likeness (QED) is 0.637. The summed E-state index contributed by atoms with van der Waals surface area (Å²) in [7, 11) is 0. The number of carbonyl (C=O) groups is 2. The lowest BCUT2D eigenvalue weighted by Crippen LogP contribution is -2.44. The van der Waals surface area contributed by atoms with Gasteiger partial charge < -0.3 is 4.74 Å². The standard InChI is InChI=1S/C24H24N2O3/c1-17-13-14-19(15-18(17)2)16-29-24(28)26-25-23(27)22(20-9-5-3-6-10-20)21-11-7-4-8-12-21/h3-15,22H,16H2,1-2H3,(H,25,27)(H,26,28). The summed E-state index contributed by atoms with van der Waals surface area (Å²) >= 11 is 0. The molecule has 0 bridgehead atoms. The Bertz CT molecular complexity index is 932. The summed E-state index contributed by atoms with van der Waals surface area (Å²) in [6.07, 6.45) is -0.712. The van der Waals surface area contributed by atoms with Crippen LogP contribution in [0.2, 0.25) is 0 Å². The van der Waals surface area contributed by atoms with Crippen LogP contribution in [0.15, 0.2) is 78.9 Å². The molecule has 0 fully saturated rings. The molecule has 148 valence electrons. The Labute approximate surface area is 170 Å². The van der Waals surface area contributed by atoms with Crippen LogP contribution in [0, 0.1) is 13.8 Å². The fraction of sp³-hybridized carbons (Fsp3) is 0.167. The van der Waals surface area contributed by atoms with Crippen molar-refractivity contribution in [3.05, 3.63) is 107 Å². The fourth-order valence-corrected chi connectivity index (χ4v) is 3.05. The largest absolute Gasteiger partial charge is 0.443 e. The van der Waals surface area contributed by atoms with Crippen LogP contribution in [0.1, 0.15) is 33.7 Å². The Morgan fingerprint density at radius 2 is 1.38 bits per heavy atom. The molecule has 0 aliphatic carbocycles. The third-order valence-corrected chi connectivity index (χ3v) is 4.76. The predicted molar refractivity (Wildman–Crippen MR) is 112 cm³/mol. The van der Waals surface area contributed by atoms with Crippen molar-refractivity contribution in [2.45, 2.75) is 26.4 Å². The van der Waals surface area contributed by atoms with E-state index in [1.54, 1.807) is 0 Å². The number of rotatable bonds is 5. The van der Waals surface area contributed by atoms with E-state index in [0.717, 1.165) is 22.3 Å². The van der Waals surface area contributed by atoms with Gasteiger partial charge in [-0.25, -0.2) is 10.2 Å². The first-order valence-electron chi connectivity index (χ1n) is 9.43. The van der Waals surface area contributed by atoms with Crippen molar-refractivity contribution in [3.8, 4) is 0 Å². The second-order valence-electron chi connectivity index (χ2n) is 6.86. The monoisotopic (exact) mass is 388 g/mol. The molecular weight excluding hydrogens is 364 g/mol. The van der Waals surface area contributed by atoms with Gasteiger partial charge in [-0.1, -0.05) is 78.9 Å². The number of ether oxygens (including phenoxy) is 1. The van der Waals surface area contributed by atoms with Gasteiger partial charge in [-0.15, -0.1) is 0 Å². The van der Waals surface area contributed by atoms with Gasteiger partial charge >= 0.3 is 6.09 Å². The Morgan fingerprint density at radius 1 is 0.793 bits per heavy atom. The van der Waals surface area contributed by atoms with Crippen LogP contribution in [-0.4, -0.2) is 12.0 Å². The first kappa shape index (κ1) is 20.1. The molecule has 0 radical (unpaired) electrons. The maximum atomic E-state index is 12.8. The first-order chi connectivity index (χ1) is 14.0. The van der Waals surface area contributed by atoms with Crippen LogP contribution in [0.4, 0.5) is 4.79 Å². The molecule has 3 rings (SSSR count). The lowest BCUT2D eigenvalue weighted by Gasteiger charge is -2.18. The zero-order chi connectivity index (χ0) is 20.6. The van der Waals surface area contributed by atoms with Gasteiger partial charge in [0.1, 0.15) is 6.61 Å². The predicted octanol–water partition coefficient (Wildman–Crippen LogP) is 4.39. The van der Waals surface area contributed by atoms with Crippen molar-refractivity contribution in [2.24, 2.45) is 0 Å². The highest BCUT2D eigenvalue weighted by Crippen LogP contribution is 2.24. The summed E-state index contributed by atoms with van der Waals surface area (Å²) in [4.78, 5) is 24.8. The van der Waals surface area contributed by atoms with Crippen molar-refractivity contribution < 1.29 is 14.3 Å². The minimum absolute atomic E-state index is 0.129. The topological polar surface area (TPSA) is 67.4 Å². The van der Waals surface area contributed by atoms with E-state index >= 15 is 0 Å². The molecule has 0 spiro atoms. The second kappa shape index (κ2) is 9.55. The van der Waals surface area contributed by atoms with Crippen molar-refractivity contribution in [1.82, 2.24) is 10.9 Å². The highest BCUT2D eigenvalue weighted by Gasteiger charge is 2.23. The highest BCUT2D eigenvalue weighted by molar-refractivity contribution is 5.88. The Balaban J connectivity index is 1.61. The molecule has 3 aromatic rings. The van der Waals surface area contributed by atoms with Crippen LogP contribution in [0.3, 0.4) is 0 Å². The summed E-state index contributed by atoms with van der Waals surface area (Å²) in [5, 5.41) is 0. The van der Waals surface area contributed by atoms with Crippen LogP contribution < -0.4 is 10.9 Å². The van der Waals surface area contributed by atoms with E-state index in [-0.39, 0.29) is 12.5 Å². The highest BCUT2D eigenvalue weighted by atomic mass is 16.6. The van der Waals surface area contributed by atoms with Gasteiger partial charge in [-0.05, 0) is 41.7 Å². The molecule has 0 unspecified atom stereocenters. The summed E-state index contributed by atoms with van der Waals surface area (Å²) < 4.78 is 5.20. The van der Waals surface area contributed by atoms with Crippen molar-refractivity contribution in [3.63, 3.8) is 0 Å². The lowest BCUT2D eigenvalue weighted by atomic mass is 9.91. The maximum absolute atomic E-state index is 12.8. The van der Waals surface area contributed by atoms with Crippen molar-refractivity contribution in [2.75, 3.05) is 0 Å². The van der Waals surface area contributed by atoms with Gasteiger partial charge in [0.15, 0.2) is 0 Å².